The molecule has 38 heavy (non-hydrogen) atoms. The van der Waals surface area contributed by atoms with Crippen LogP contribution in [0.2, 0.25) is 0 Å². The highest BCUT2D eigenvalue weighted by atomic mass is 16.5. The molecule has 2 saturated carbocycles. The van der Waals surface area contributed by atoms with E-state index in [0.29, 0.717) is 0 Å². The number of ether oxygens (including phenoxy) is 2. The zero-order valence-corrected chi connectivity index (χ0v) is 21.6. The number of carbonyl (C=O) groups excluding carboxylic acids is 2. The Morgan fingerprint density at radius 3 is 1.21 bits per heavy atom. The molecule has 6 rings (SSSR count). The fraction of sp³-hybridized carbons (Fsp3) is 0.235. The van der Waals surface area contributed by atoms with Crippen molar-refractivity contribution in [3.8, 4) is 11.1 Å². The molecule has 4 aromatic carbocycles. The van der Waals surface area contributed by atoms with E-state index in [1.807, 2.05) is 60.7 Å². The van der Waals surface area contributed by atoms with Crippen LogP contribution in [-0.4, -0.2) is 26.2 Å². The summed E-state index contributed by atoms with van der Waals surface area (Å²) in [6, 6.07) is 36.8. The molecule has 0 saturated heterocycles. The first-order valence-corrected chi connectivity index (χ1v) is 13.0. The van der Waals surface area contributed by atoms with Gasteiger partial charge in [-0.1, -0.05) is 109 Å². The topological polar surface area (TPSA) is 52.6 Å². The van der Waals surface area contributed by atoms with Gasteiger partial charge in [0.25, 0.3) is 0 Å². The summed E-state index contributed by atoms with van der Waals surface area (Å²) in [4.78, 5) is 25.8. The van der Waals surface area contributed by atoms with Crippen molar-refractivity contribution < 1.29 is 19.1 Å². The van der Waals surface area contributed by atoms with Crippen molar-refractivity contribution in [2.45, 2.75) is 35.5 Å². The lowest BCUT2D eigenvalue weighted by atomic mass is 9.88. The lowest BCUT2D eigenvalue weighted by molar-refractivity contribution is -0.144. The van der Waals surface area contributed by atoms with E-state index in [-0.39, 0.29) is 23.8 Å². The number of carbonyl (C=O) groups is 2. The number of benzene rings is 4. The Morgan fingerprint density at radius 1 is 0.553 bits per heavy atom. The van der Waals surface area contributed by atoms with Crippen molar-refractivity contribution in [3.63, 3.8) is 0 Å². The average Bonchev–Trinajstić information content (AvgIpc) is 3.92. The third-order valence-corrected chi connectivity index (χ3v) is 8.56. The standard InChI is InChI=1S/C34H30O4/c1-37-31(35)33(21-29(33)25-9-5-3-6-10-25)27-17-13-23(14-18-27)24-15-19-28(20-16-24)34(32(36)38-2)22-30(34)26-11-7-4-8-12-26/h3-20,29-30H,21-22H2,1-2H3/t29-,30-,33-,34-/m0/s1. The molecule has 2 aliphatic rings. The highest BCUT2D eigenvalue weighted by Crippen LogP contribution is 2.62. The maximum atomic E-state index is 12.9. The lowest BCUT2D eigenvalue weighted by Gasteiger charge is -2.18. The second-order valence-electron chi connectivity index (χ2n) is 10.4. The predicted molar refractivity (Wildman–Crippen MR) is 147 cm³/mol. The van der Waals surface area contributed by atoms with Crippen molar-refractivity contribution >= 4 is 11.9 Å². The molecule has 0 aliphatic heterocycles. The van der Waals surface area contributed by atoms with Crippen molar-refractivity contribution in [1.82, 2.24) is 0 Å². The van der Waals surface area contributed by atoms with Crippen LogP contribution in [0.4, 0.5) is 0 Å². The Balaban J connectivity index is 1.26. The van der Waals surface area contributed by atoms with E-state index < -0.39 is 10.8 Å². The quantitative estimate of drug-likeness (QED) is 0.269. The number of esters is 2. The van der Waals surface area contributed by atoms with Crippen molar-refractivity contribution in [2.75, 3.05) is 14.2 Å². The van der Waals surface area contributed by atoms with Gasteiger partial charge in [0.15, 0.2) is 0 Å². The molecular formula is C34H30O4. The molecule has 2 aliphatic carbocycles. The molecule has 0 unspecified atom stereocenters. The van der Waals surface area contributed by atoms with Crippen LogP contribution < -0.4 is 0 Å². The summed E-state index contributed by atoms with van der Waals surface area (Å²) in [5, 5.41) is 0. The van der Waals surface area contributed by atoms with E-state index in [1.54, 1.807) is 0 Å². The molecule has 4 aromatic rings. The molecular weight excluding hydrogens is 472 g/mol. The summed E-state index contributed by atoms with van der Waals surface area (Å²) in [7, 11) is 2.92. The zero-order valence-electron chi connectivity index (χ0n) is 21.6. The van der Waals surface area contributed by atoms with Crippen LogP contribution >= 0.6 is 0 Å². The van der Waals surface area contributed by atoms with Crippen LogP contribution in [0.15, 0.2) is 109 Å². The fourth-order valence-electron chi connectivity index (χ4n) is 6.31. The third-order valence-electron chi connectivity index (χ3n) is 8.56. The van der Waals surface area contributed by atoms with Crippen LogP contribution in [0.1, 0.15) is 46.9 Å². The fourth-order valence-corrected chi connectivity index (χ4v) is 6.31. The van der Waals surface area contributed by atoms with Gasteiger partial charge in [-0.05, 0) is 46.2 Å². The third kappa shape index (κ3) is 3.75. The Morgan fingerprint density at radius 2 is 0.895 bits per heavy atom. The number of rotatable bonds is 7. The van der Waals surface area contributed by atoms with Crippen molar-refractivity contribution in [3.05, 3.63) is 131 Å². The second kappa shape index (κ2) is 9.29. The van der Waals surface area contributed by atoms with E-state index in [1.165, 1.54) is 14.2 Å². The first-order valence-electron chi connectivity index (χ1n) is 13.0. The van der Waals surface area contributed by atoms with E-state index in [9.17, 15) is 9.59 Å². The minimum Gasteiger partial charge on any atom is -0.468 e. The van der Waals surface area contributed by atoms with Crippen LogP contribution in [0.5, 0.6) is 0 Å². The molecule has 0 N–H and O–H groups in total. The lowest BCUT2D eigenvalue weighted by Crippen LogP contribution is -2.24. The molecule has 4 heteroatoms. The van der Waals surface area contributed by atoms with Crippen molar-refractivity contribution in [1.29, 1.82) is 0 Å². The maximum absolute atomic E-state index is 12.9. The van der Waals surface area contributed by atoms with E-state index in [2.05, 4.69) is 48.5 Å². The summed E-state index contributed by atoms with van der Waals surface area (Å²) in [5.74, 6) is -0.137. The molecule has 4 atom stereocenters. The summed E-state index contributed by atoms with van der Waals surface area (Å²) in [5.41, 5.74) is 5.11. The maximum Gasteiger partial charge on any atom is 0.316 e. The van der Waals surface area contributed by atoms with E-state index >= 15 is 0 Å². The van der Waals surface area contributed by atoms with Crippen molar-refractivity contribution in [2.24, 2.45) is 0 Å². The molecule has 0 aromatic heterocycles. The van der Waals surface area contributed by atoms with Gasteiger partial charge in [-0.3, -0.25) is 9.59 Å². The van der Waals surface area contributed by atoms with Crippen LogP contribution in [0.25, 0.3) is 11.1 Å². The molecule has 190 valence electrons. The summed E-state index contributed by atoms with van der Waals surface area (Å²) < 4.78 is 10.5. The highest BCUT2D eigenvalue weighted by molar-refractivity contribution is 5.90. The predicted octanol–water partition coefficient (Wildman–Crippen LogP) is 6.55. The van der Waals surface area contributed by atoms with Gasteiger partial charge >= 0.3 is 11.9 Å². The largest absolute Gasteiger partial charge is 0.468 e. The number of methoxy groups -OCH3 is 2. The monoisotopic (exact) mass is 502 g/mol. The second-order valence-corrected chi connectivity index (χ2v) is 10.4. The molecule has 0 amide bonds. The van der Waals surface area contributed by atoms with Gasteiger partial charge < -0.3 is 9.47 Å². The number of hydrogen-bond acceptors (Lipinski definition) is 4. The summed E-state index contributed by atoms with van der Waals surface area (Å²) in [6.07, 6.45) is 1.49. The summed E-state index contributed by atoms with van der Waals surface area (Å²) >= 11 is 0. The van der Waals surface area contributed by atoms with Gasteiger partial charge in [-0.25, -0.2) is 0 Å². The van der Waals surface area contributed by atoms with Gasteiger partial charge in [-0.15, -0.1) is 0 Å². The first kappa shape index (κ1) is 24.2. The normalized spacial score (nSPS) is 25.3. The molecule has 0 heterocycles. The van der Waals surface area contributed by atoms with Crippen LogP contribution in [0.3, 0.4) is 0 Å². The molecule has 2 fully saturated rings. The summed E-state index contributed by atoms with van der Waals surface area (Å²) in [6.45, 7) is 0. The molecule has 0 bridgehead atoms. The van der Waals surface area contributed by atoms with Crippen LogP contribution in [-0.2, 0) is 29.9 Å². The highest BCUT2D eigenvalue weighted by Gasteiger charge is 2.63. The minimum atomic E-state index is -0.635. The van der Waals surface area contributed by atoms with E-state index in [0.717, 1.165) is 46.2 Å². The Hall–Kier alpha value is -4.18. The molecule has 0 radical (unpaired) electrons. The van der Waals surface area contributed by atoms with Gasteiger partial charge in [0, 0.05) is 11.8 Å². The Labute approximate surface area is 223 Å². The Kier molecular flexibility index (Phi) is 5.91. The smallest absolute Gasteiger partial charge is 0.316 e. The van der Waals surface area contributed by atoms with Gasteiger partial charge in [-0.2, -0.15) is 0 Å². The van der Waals surface area contributed by atoms with Gasteiger partial charge in [0.2, 0.25) is 0 Å². The van der Waals surface area contributed by atoms with Gasteiger partial charge in [0.05, 0.1) is 14.2 Å². The van der Waals surface area contributed by atoms with E-state index in [4.69, 9.17) is 9.47 Å². The SMILES string of the molecule is COC(=O)[C@]1(c2ccc(-c3ccc([C@@]4(C(=O)OC)C[C@H]4c4ccccc4)cc3)cc2)C[C@H]1c1ccccc1. The zero-order chi connectivity index (χ0) is 26.3. The Bertz CT molecular complexity index is 1350. The molecule has 4 nitrogen and oxygen atoms in total. The molecule has 0 spiro atoms. The van der Waals surface area contributed by atoms with Gasteiger partial charge in [0.1, 0.15) is 10.8 Å². The number of hydrogen-bond donors (Lipinski definition) is 0. The first-order chi connectivity index (χ1) is 18.5. The average molecular weight is 503 g/mol. The minimum absolute atomic E-state index is 0.117. The van der Waals surface area contributed by atoms with Crippen LogP contribution in [0, 0.1) is 0 Å².